The molecule has 0 saturated carbocycles. The summed E-state index contributed by atoms with van der Waals surface area (Å²) in [5.41, 5.74) is 8.48. The molecule has 2 rings (SSSR count). The average molecular weight is 177 g/mol. The third kappa shape index (κ3) is 1.64. The second kappa shape index (κ2) is 3.94. The SMILES string of the molecule is CC.Cn1ccc2nccc(N)c21. The van der Waals surface area contributed by atoms with Gasteiger partial charge >= 0.3 is 0 Å². The van der Waals surface area contributed by atoms with E-state index in [1.807, 2.05) is 43.8 Å². The summed E-state index contributed by atoms with van der Waals surface area (Å²) in [5.74, 6) is 0. The maximum Gasteiger partial charge on any atom is 0.0902 e. The molecule has 2 aromatic rings. The smallest absolute Gasteiger partial charge is 0.0902 e. The monoisotopic (exact) mass is 177 g/mol. The molecule has 0 atom stereocenters. The van der Waals surface area contributed by atoms with Crippen LogP contribution in [-0.2, 0) is 7.05 Å². The maximum atomic E-state index is 5.74. The molecular weight excluding hydrogens is 162 g/mol. The number of nitrogens with two attached hydrogens (primary N) is 1. The molecule has 3 nitrogen and oxygen atoms in total. The summed E-state index contributed by atoms with van der Waals surface area (Å²) in [7, 11) is 1.96. The van der Waals surface area contributed by atoms with Crippen LogP contribution >= 0.6 is 0 Å². The molecule has 3 heteroatoms. The van der Waals surface area contributed by atoms with Gasteiger partial charge in [0.15, 0.2) is 0 Å². The van der Waals surface area contributed by atoms with Crippen LogP contribution in [0.1, 0.15) is 13.8 Å². The Balaban J connectivity index is 0.000000396. The fourth-order valence-corrected chi connectivity index (χ4v) is 1.25. The van der Waals surface area contributed by atoms with Gasteiger partial charge in [0, 0.05) is 19.4 Å². The zero-order chi connectivity index (χ0) is 9.84. The number of pyridine rings is 1. The minimum atomic E-state index is 0.780. The van der Waals surface area contributed by atoms with E-state index < -0.39 is 0 Å². The van der Waals surface area contributed by atoms with Gasteiger partial charge in [0.1, 0.15) is 0 Å². The molecule has 0 amide bonds. The van der Waals surface area contributed by atoms with Crippen molar-refractivity contribution < 1.29 is 0 Å². The van der Waals surface area contributed by atoms with Crippen molar-refractivity contribution in [1.82, 2.24) is 9.55 Å². The van der Waals surface area contributed by atoms with Crippen LogP contribution in [0.5, 0.6) is 0 Å². The summed E-state index contributed by atoms with van der Waals surface area (Å²) in [6.45, 7) is 4.00. The number of anilines is 1. The summed E-state index contributed by atoms with van der Waals surface area (Å²) in [6, 6.07) is 3.76. The third-order valence-electron chi connectivity index (χ3n) is 1.79. The number of hydrogen-bond acceptors (Lipinski definition) is 2. The normalized spacial score (nSPS) is 9.46. The Labute approximate surface area is 78.2 Å². The Morgan fingerprint density at radius 3 is 2.62 bits per heavy atom. The molecule has 0 aliphatic carbocycles. The van der Waals surface area contributed by atoms with Gasteiger partial charge in [-0.15, -0.1) is 0 Å². The van der Waals surface area contributed by atoms with E-state index in [1.54, 1.807) is 6.20 Å². The molecule has 0 fully saturated rings. The third-order valence-corrected chi connectivity index (χ3v) is 1.79. The molecular formula is C10H15N3. The van der Waals surface area contributed by atoms with Crippen LogP contribution in [0.3, 0.4) is 0 Å². The van der Waals surface area contributed by atoms with Gasteiger partial charge in [-0.3, -0.25) is 4.98 Å². The van der Waals surface area contributed by atoms with Crippen molar-refractivity contribution in [3.8, 4) is 0 Å². The first-order chi connectivity index (χ1) is 6.29. The van der Waals surface area contributed by atoms with Gasteiger partial charge < -0.3 is 10.3 Å². The molecule has 13 heavy (non-hydrogen) atoms. The molecule has 2 heterocycles. The Kier molecular flexibility index (Phi) is 2.90. The van der Waals surface area contributed by atoms with Gasteiger partial charge in [0.05, 0.1) is 16.7 Å². The van der Waals surface area contributed by atoms with E-state index in [0.29, 0.717) is 0 Å². The maximum absolute atomic E-state index is 5.74. The lowest BCUT2D eigenvalue weighted by Crippen LogP contribution is -1.92. The Bertz CT molecular complexity index is 390. The number of fused-ring (bicyclic) bond motifs is 1. The van der Waals surface area contributed by atoms with Crippen molar-refractivity contribution in [1.29, 1.82) is 0 Å². The summed E-state index contributed by atoms with van der Waals surface area (Å²) in [6.07, 6.45) is 3.67. The minimum absolute atomic E-state index is 0.780. The molecule has 0 bridgehead atoms. The fourth-order valence-electron chi connectivity index (χ4n) is 1.25. The number of nitrogen functional groups attached to an aromatic ring is 1. The largest absolute Gasteiger partial charge is 0.397 e. The van der Waals surface area contributed by atoms with Crippen LogP contribution in [0.2, 0.25) is 0 Å². The van der Waals surface area contributed by atoms with E-state index in [1.165, 1.54) is 0 Å². The van der Waals surface area contributed by atoms with E-state index in [9.17, 15) is 0 Å². The first-order valence-electron chi connectivity index (χ1n) is 4.44. The molecule has 0 spiro atoms. The molecule has 0 aliphatic heterocycles. The van der Waals surface area contributed by atoms with Crippen LogP contribution in [0.15, 0.2) is 24.5 Å². The molecule has 2 N–H and O–H groups in total. The highest BCUT2D eigenvalue weighted by atomic mass is 14.9. The molecule has 2 aromatic heterocycles. The lowest BCUT2D eigenvalue weighted by molar-refractivity contribution is 0.969. The van der Waals surface area contributed by atoms with Crippen molar-refractivity contribution in [3.05, 3.63) is 24.5 Å². The van der Waals surface area contributed by atoms with Crippen LogP contribution in [0, 0.1) is 0 Å². The van der Waals surface area contributed by atoms with Crippen molar-refractivity contribution in [2.45, 2.75) is 13.8 Å². The fraction of sp³-hybridized carbons (Fsp3) is 0.300. The zero-order valence-electron chi connectivity index (χ0n) is 8.28. The highest BCUT2D eigenvalue weighted by Crippen LogP contribution is 2.17. The van der Waals surface area contributed by atoms with Crippen LogP contribution in [0.25, 0.3) is 11.0 Å². The summed E-state index contributed by atoms with van der Waals surface area (Å²) in [4.78, 5) is 4.16. The van der Waals surface area contributed by atoms with E-state index in [0.717, 1.165) is 16.7 Å². The molecule has 0 aliphatic rings. The van der Waals surface area contributed by atoms with Crippen molar-refractivity contribution >= 4 is 16.7 Å². The highest BCUT2D eigenvalue weighted by molar-refractivity contribution is 5.86. The topological polar surface area (TPSA) is 43.8 Å². The molecule has 0 saturated heterocycles. The second-order valence-corrected chi connectivity index (χ2v) is 2.56. The van der Waals surface area contributed by atoms with E-state index in [-0.39, 0.29) is 0 Å². The van der Waals surface area contributed by atoms with Gasteiger partial charge in [-0.05, 0) is 12.1 Å². The first-order valence-corrected chi connectivity index (χ1v) is 4.44. The van der Waals surface area contributed by atoms with Crippen LogP contribution in [0.4, 0.5) is 5.69 Å². The summed E-state index contributed by atoms with van der Waals surface area (Å²) < 4.78 is 1.97. The average Bonchev–Trinajstić information content (AvgIpc) is 2.53. The molecule has 70 valence electrons. The highest BCUT2D eigenvalue weighted by Gasteiger charge is 2.00. The number of hydrogen-bond donors (Lipinski definition) is 1. The lowest BCUT2D eigenvalue weighted by atomic mass is 10.3. The molecule has 0 radical (unpaired) electrons. The van der Waals surface area contributed by atoms with Gasteiger partial charge in [-0.25, -0.2) is 0 Å². The lowest BCUT2D eigenvalue weighted by Gasteiger charge is -1.98. The van der Waals surface area contributed by atoms with E-state index >= 15 is 0 Å². The Morgan fingerprint density at radius 1 is 1.31 bits per heavy atom. The van der Waals surface area contributed by atoms with E-state index in [2.05, 4.69) is 4.98 Å². The number of nitrogens with zero attached hydrogens (tertiary/aromatic N) is 2. The van der Waals surface area contributed by atoms with Crippen LogP contribution in [-0.4, -0.2) is 9.55 Å². The Hall–Kier alpha value is -1.51. The van der Waals surface area contributed by atoms with Crippen molar-refractivity contribution in [2.24, 2.45) is 7.05 Å². The second-order valence-electron chi connectivity index (χ2n) is 2.56. The first kappa shape index (κ1) is 9.58. The predicted molar refractivity (Wildman–Crippen MR) is 56.5 cm³/mol. The van der Waals surface area contributed by atoms with Crippen LogP contribution < -0.4 is 5.73 Å². The quantitative estimate of drug-likeness (QED) is 0.670. The predicted octanol–water partition coefficient (Wildman–Crippen LogP) is 2.18. The minimum Gasteiger partial charge on any atom is -0.397 e. The van der Waals surface area contributed by atoms with Gasteiger partial charge in [0.2, 0.25) is 0 Å². The van der Waals surface area contributed by atoms with Gasteiger partial charge in [0.25, 0.3) is 0 Å². The van der Waals surface area contributed by atoms with Crippen molar-refractivity contribution in [3.63, 3.8) is 0 Å². The molecule has 0 unspecified atom stereocenters. The van der Waals surface area contributed by atoms with Gasteiger partial charge in [-0.1, -0.05) is 13.8 Å². The summed E-state index contributed by atoms with van der Waals surface area (Å²) >= 11 is 0. The number of aryl methyl sites for hydroxylation is 1. The van der Waals surface area contributed by atoms with Crippen molar-refractivity contribution in [2.75, 3.05) is 5.73 Å². The Morgan fingerprint density at radius 2 is 2.00 bits per heavy atom. The van der Waals surface area contributed by atoms with Gasteiger partial charge in [-0.2, -0.15) is 0 Å². The number of aromatic nitrogens is 2. The number of rotatable bonds is 0. The standard InChI is InChI=1S/C8H9N3.C2H6/c1-11-5-3-7-8(11)6(9)2-4-10-7;1-2/h2-5H,1H3,(H2,9,10);1-2H3. The molecule has 0 aromatic carbocycles. The van der Waals surface area contributed by atoms with E-state index in [4.69, 9.17) is 5.73 Å². The zero-order valence-corrected chi connectivity index (χ0v) is 8.28. The summed E-state index contributed by atoms with van der Waals surface area (Å²) in [5, 5.41) is 0.